The molecule has 0 bridgehead atoms. The maximum atomic E-state index is 13.0. The van der Waals surface area contributed by atoms with Crippen LogP contribution in [-0.2, 0) is 11.2 Å². The molecule has 4 aromatic rings. The Kier molecular flexibility index (Phi) is 7.32. The van der Waals surface area contributed by atoms with Gasteiger partial charge in [-0.3, -0.25) is 9.78 Å². The minimum Gasteiger partial charge on any atom is -0.352 e. The fraction of sp³-hybridized carbons (Fsp3) is 0.233. The van der Waals surface area contributed by atoms with E-state index < -0.39 is 0 Å². The Morgan fingerprint density at radius 2 is 1.89 bits per heavy atom. The molecule has 2 N–H and O–H groups in total. The highest BCUT2D eigenvalue weighted by molar-refractivity contribution is 7.80. The van der Waals surface area contributed by atoms with Crippen molar-refractivity contribution in [3.63, 3.8) is 0 Å². The zero-order valence-electron chi connectivity index (χ0n) is 21.1. The fourth-order valence-electron chi connectivity index (χ4n) is 5.00. The number of nitrogens with one attached hydrogen (secondary N) is 2. The Morgan fingerprint density at radius 1 is 1.05 bits per heavy atom. The molecule has 0 radical (unpaired) electrons. The van der Waals surface area contributed by atoms with E-state index in [9.17, 15) is 4.79 Å². The van der Waals surface area contributed by atoms with Gasteiger partial charge in [0.1, 0.15) is 0 Å². The first kappa shape index (κ1) is 24.7. The van der Waals surface area contributed by atoms with E-state index in [1.165, 1.54) is 5.56 Å². The summed E-state index contributed by atoms with van der Waals surface area (Å²) in [5.74, 6) is -0.0298. The summed E-state index contributed by atoms with van der Waals surface area (Å²) in [5.41, 5.74) is 6.28. The fourth-order valence-corrected chi connectivity index (χ4v) is 5.33. The lowest BCUT2D eigenvalue weighted by atomic mass is 10.0. The molecule has 0 aliphatic carbocycles. The lowest BCUT2D eigenvalue weighted by molar-refractivity contribution is -0.116. The van der Waals surface area contributed by atoms with Crippen LogP contribution >= 0.6 is 12.2 Å². The number of para-hydroxylation sites is 1. The van der Waals surface area contributed by atoms with E-state index in [2.05, 4.69) is 81.5 Å². The van der Waals surface area contributed by atoms with Crippen LogP contribution in [0, 0.1) is 6.92 Å². The maximum Gasteiger partial charge on any atom is 0.226 e. The van der Waals surface area contributed by atoms with E-state index in [0.717, 1.165) is 34.7 Å². The lowest BCUT2D eigenvalue weighted by Gasteiger charge is -2.29. The lowest BCUT2D eigenvalue weighted by Crippen LogP contribution is -2.33. The first-order valence-corrected chi connectivity index (χ1v) is 13.1. The van der Waals surface area contributed by atoms with Gasteiger partial charge in [0.25, 0.3) is 0 Å². The average Bonchev–Trinajstić information content (AvgIpc) is 3.52. The summed E-state index contributed by atoms with van der Waals surface area (Å²) in [6.07, 6.45) is 5.06. The van der Waals surface area contributed by atoms with E-state index in [4.69, 9.17) is 12.2 Å². The average molecular weight is 510 g/mol. The largest absolute Gasteiger partial charge is 0.352 e. The second kappa shape index (κ2) is 11.0. The highest BCUT2D eigenvalue weighted by Crippen LogP contribution is 2.39. The molecule has 1 saturated heterocycles. The number of carbonyl (C=O) groups is 1. The molecule has 1 amide bonds. The molecule has 2 aromatic heterocycles. The van der Waals surface area contributed by atoms with Crippen molar-refractivity contribution in [3.05, 3.63) is 114 Å². The number of carbonyl (C=O) groups excluding carboxylic acids is 1. The molecule has 37 heavy (non-hydrogen) atoms. The van der Waals surface area contributed by atoms with Crippen LogP contribution in [0.15, 0.2) is 91.3 Å². The summed E-state index contributed by atoms with van der Waals surface area (Å²) >= 11 is 5.82. The Labute approximate surface area is 223 Å². The molecule has 0 saturated carbocycles. The van der Waals surface area contributed by atoms with Gasteiger partial charge in [0.2, 0.25) is 5.91 Å². The van der Waals surface area contributed by atoms with Gasteiger partial charge in [0.15, 0.2) is 5.11 Å². The number of thiocarbonyl (C=S) groups is 1. The minimum atomic E-state index is -0.143. The topological polar surface area (TPSA) is 62.2 Å². The SMILES string of the molecule is CCc1ccccc1NC(=O)CCN1C(=S)N[C@@H](c2ccccn2)[C@@H]1c1cccn1-c1cccc(C)c1. The standard InChI is InChI=1S/C30H31N5OS/c1-3-22-11-4-5-13-24(22)32-27(36)16-19-35-29(28(33-30(35)37)25-14-6-7-17-31-25)26-15-9-18-34(26)23-12-8-10-21(2)20-23/h4-15,17-18,20,28-29H,3,16,19H2,1-2H3,(H,32,36)(H,33,37)/t28-,29-/m0/s1. The van der Waals surface area contributed by atoms with Gasteiger partial charge in [-0.1, -0.05) is 43.3 Å². The Hall–Kier alpha value is -3.97. The summed E-state index contributed by atoms with van der Waals surface area (Å²) in [5, 5.41) is 7.20. The third kappa shape index (κ3) is 5.27. The van der Waals surface area contributed by atoms with E-state index in [1.54, 1.807) is 6.20 Å². The minimum absolute atomic E-state index is 0.0298. The van der Waals surface area contributed by atoms with Crippen molar-refractivity contribution in [2.75, 3.05) is 11.9 Å². The first-order chi connectivity index (χ1) is 18.0. The smallest absolute Gasteiger partial charge is 0.226 e. The number of hydrogen-bond donors (Lipinski definition) is 2. The van der Waals surface area contributed by atoms with Crippen molar-refractivity contribution in [1.82, 2.24) is 19.8 Å². The van der Waals surface area contributed by atoms with Crippen LogP contribution in [-0.4, -0.2) is 32.0 Å². The second-order valence-corrected chi connectivity index (χ2v) is 9.66. The third-order valence-electron chi connectivity index (χ3n) is 6.81. The molecule has 5 rings (SSSR count). The Bertz CT molecular complexity index is 1400. The normalized spacial score (nSPS) is 17.0. The molecule has 188 valence electrons. The van der Waals surface area contributed by atoms with Crippen LogP contribution in [0.25, 0.3) is 5.69 Å². The number of benzene rings is 2. The summed E-state index contributed by atoms with van der Waals surface area (Å²) in [7, 11) is 0. The number of amides is 1. The van der Waals surface area contributed by atoms with Crippen LogP contribution in [0.4, 0.5) is 5.69 Å². The summed E-state index contributed by atoms with van der Waals surface area (Å²) in [6.45, 7) is 4.67. The van der Waals surface area contributed by atoms with Crippen molar-refractivity contribution < 1.29 is 4.79 Å². The second-order valence-electron chi connectivity index (χ2n) is 9.27. The van der Waals surface area contributed by atoms with Crippen LogP contribution in [0.3, 0.4) is 0 Å². The summed E-state index contributed by atoms with van der Waals surface area (Å²) in [4.78, 5) is 19.8. The van der Waals surface area contributed by atoms with Gasteiger partial charge in [-0.15, -0.1) is 0 Å². The molecule has 2 aromatic carbocycles. The van der Waals surface area contributed by atoms with E-state index in [0.29, 0.717) is 18.1 Å². The Morgan fingerprint density at radius 3 is 2.68 bits per heavy atom. The van der Waals surface area contributed by atoms with Crippen LogP contribution in [0.5, 0.6) is 0 Å². The van der Waals surface area contributed by atoms with Crippen molar-refractivity contribution in [3.8, 4) is 5.69 Å². The van der Waals surface area contributed by atoms with Crippen LogP contribution < -0.4 is 10.6 Å². The van der Waals surface area contributed by atoms with Gasteiger partial charge >= 0.3 is 0 Å². The highest BCUT2D eigenvalue weighted by atomic mass is 32.1. The molecule has 0 spiro atoms. The number of pyridine rings is 1. The zero-order chi connectivity index (χ0) is 25.8. The van der Waals surface area contributed by atoms with E-state index in [1.807, 2.05) is 42.5 Å². The quantitative estimate of drug-likeness (QED) is 0.297. The van der Waals surface area contributed by atoms with Crippen LogP contribution in [0.2, 0.25) is 0 Å². The number of hydrogen-bond acceptors (Lipinski definition) is 3. The maximum absolute atomic E-state index is 13.0. The molecular formula is C30H31N5OS. The molecule has 6 nitrogen and oxygen atoms in total. The van der Waals surface area contributed by atoms with Crippen molar-refractivity contribution in [2.24, 2.45) is 0 Å². The van der Waals surface area contributed by atoms with Gasteiger partial charge in [-0.05, 0) is 79.2 Å². The predicted octanol–water partition coefficient (Wildman–Crippen LogP) is 5.74. The monoisotopic (exact) mass is 509 g/mol. The van der Waals surface area contributed by atoms with Gasteiger partial charge in [0.05, 0.1) is 17.8 Å². The third-order valence-corrected chi connectivity index (χ3v) is 7.17. The molecule has 0 unspecified atom stereocenters. The van der Waals surface area contributed by atoms with Gasteiger partial charge in [-0.25, -0.2) is 0 Å². The molecular weight excluding hydrogens is 478 g/mol. The van der Waals surface area contributed by atoms with Gasteiger partial charge in [0, 0.05) is 42.4 Å². The first-order valence-electron chi connectivity index (χ1n) is 12.6. The summed E-state index contributed by atoms with van der Waals surface area (Å²) in [6, 6.07) is 26.2. The highest BCUT2D eigenvalue weighted by Gasteiger charge is 2.41. The molecule has 1 aliphatic rings. The molecule has 1 aliphatic heterocycles. The zero-order valence-corrected chi connectivity index (χ0v) is 21.9. The van der Waals surface area contributed by atoms with E-state index >= 15 is 0 Å². The van der Waals surface area contributed by atoms with E-state index in [-0.39, 0.29) is 18.0 Å². The van der Waals surface area contributed by atoms with Crippen molar-refractivity contribution >= 4 is 28.9 Å². The van der Waals surface area contributed by atoms with Crippen molar-refractivity contribution in [1.29, 1.82) is 0 Å². The molecule has 1 fully saturated rings. The van der Waals surface area contributed by atoms with Gasteiger partial charge < -0.3 is 20.1 Å². The number of anilines is 1. The number of nitrogens with zero attached hydrogens (tertiary/aromatic N) is 3. The number of aryl methyl sites for hydroxylation is 2. The van der Waals surface area contributed by atoms with Gasteiger partial charge in [-0.2, -0.15) is 0 Å². The van der Waals surface area contributed by atoms with Crippen LogP contribution in [0.1, 0.15) is 47.9 Å². The predicted molar refractivity (Wildman–Crippen MR) is 152 cm³/mol. The molecule has 3 heterocycles. The molecule has 7 heteroatoms. The number of rotatable bonds is 8. The summed E-state index contributed by atoms with van der Waals surface area (Å²) < 4.78 is 2.20. The Balaban J connectivity index is 1.44. The molecule has 2 atom stereocenters. The van der Waals surface area contributed by atoms with Crippen molar-refractivity contribution in [2.45, 2.75) is 38.8 Å². The number of aromatic nitrogens is 2.